The lowest BCUT2D eigenvalue weighted by molar-refractivity contribution is 0.110. The summed E-state index contributed by atoms with van der Waals surface area (Å²) in [7, 11) is 0. The highest BCUT2D eigenvalue weighted by atomic mass is 16.5. The molecule has 0 amide bonds. The Labute approximate surface area is 125 Å². The molecule has 1 aromatic carbocycles. The van der Waals surface area contributed by atoms with Crippen molar-refractivity contribution in [3.63, 3.8) is 0 Å². The van der Waals surface area contributed by atoms with Crippen molar-refractivity contribution in [3.05, 3.63) is 24.3 Å². The number of anilines is 2. The van der Waals surface area contributed by atoms with E-state index >= 15 is 0 Å². The smallest absolute Gasteiger partial charge is 0.239 e. The number of rotatable bonds is 8. The van der Waals surface area contributed by atoms with Gasteiger partial charge < -0.3 is 10.1 Å². The molecule has 6 heteroatoms. The Morgan fingerprint density at radius 2 is 2.05 bits per heavy atom. The van der Waals surface area contributed by atoms with Crippen LogP contribution in [0.25, 0.3) is 10.9 Å². The van der Waals surface area contributed by atoms with E-state index in [0.29, 0.717) is 11.9 Å². The number of benzene rings is 1. The predicted octanol–water partition coefficient (Wildman–Crippen LogP) is 2.39. The van der Waals surface area contributed by atoms with Gasteiger partial charge in [-0.05, 0) is 24.5 Å². The molecule has 0 aliphatic heterocycles. The Bertz CT molecular complexity index is 573. The molecule has 0 saturated carbocycles. The number of nitrogen functional groups attached to an aromatic ring is 1. The van der Waals surface area contributed by atoms with Gasteiger partial charge in [0, 0.05) is 25.1 Å². The van der Waals surface area contributed by atoms with E-state index in [1.54, 1.807) is 0 Å². The normalized spacial score (nSPS) is 11.0. The van der Waals surface area contributed by atoms with Crippen LogP contribution in [0.1, 0.15) is 20.3 Å². The Kier molecular flexibility index (Phi) is 5.71. The second-order valence-corrected chi connectivity index (χ2v) is 5.31. The summed E-state index contributed by atoms with van der Waals surface area (Å²) in [6.07, 6.45) is 0.927. The lowest BCUT2D eigenvalue weighted by Crippen LogP contribution is -2.13. The van der Waals surface area contributed by atoms with Crippen LogP contribution in [0.4, 0.5) is 11.8 Å². The zero-order valence-corrected chi connectivity index (χ0v) is 12.6. The van der Waals surface area contributed by atoms with E-state index in [-0.39, 0.29) is 0 Å². The van der Waals surface area contributed by atoms with Crippen molar-refractivity contribution < 1.29 is 4.74 Å². The molecule has 21 heavy (non-hydrogen) atoms. The lowest BCUT2D eigenvalue weighted by atomic mass is 10.2. The van der Waals surface area contributed by atoms with Crippen LogP contribution in [-0.4, -0.2) is 29.7 Å². The van der Waals surface area contributed by atoms with Gasteiger partial charge in [-0.2, -0.15) is 4.98 Å². The number of ether oxygens (including phenoxy) is 1. The maximum Gasteiger partial charge on any atom is 0.239 e. The molecule has 0 aliphatic carbocycles. The highest BCUT2D eigenvalue weighted by molar-refractivity contribution is 5.89. The molecule has 2 aromatic rings. The summed E-state index contributed by atoms with van der Waals surface area (Å²) in [6, 6.07) is 7.85. The second kappa shape index (κ2) is 7.75. The number of hydrazine groups is 1. The van der Waals surface area contributed by atoms with Gasteiger partial charge in [0.1, 0.15) is 5.82 Å². The third kappa shape index (κ3) is 4.54. The summed E-state index contributed by atoms with van der Waals surface area (Å²) < 4.78 is 5.56. The molecule has 0 aliphatic rings. The van der Waals surface area contributed by atoms with Crippen molar-refractivity contribution in [2.45, 2.75) is 20.3 Å². The number of nitrogens with one attached hydrogen (secondary N) is 2. The predicted molar refractivity (Wildman–Crippen MR) is 86.1 cm³/mol. The van der Waals surface area contributed by atoms with Crippen LogP contribution in [0.2, 0.25) is 0 Å². The molecular formula is C15H23N5O. The fraction of sp³-hybridized carbons (Fsp3) is 0.467. The van der Waals surface area contributed by atoms with Gasteiger partial charge in [-0.15, -0.1) is 0 Å². The fourth-order valence-corrected chi connectivity index (χ4v) is 1.98. The van der Waals surface area contributed by atoms with Gasteiger partial charge in [-0.1, -0.05) is 26.0 Å². The number of nitrogens with two attached hydrogens (primary N) is 1. The minimum atomic E-state index is 0.409. The number of para-hydroxylation sites is 1. The van der Waals surface area contributed by atoms with Gasteiger partial charge in [-0.3, -0.25) is 5.43 Å². The minimum Gasteiger partial charge on any atom is -0.381 e. The van der Waals surface area contributed by atoms with Crippen molar-refractivity contribution >= 4 is 22.7 Å². The van der Waals surface area contributed by atoms with Crippen LogP contribution < -0.4 is 16.6 Å². The highest BCUT2D eigenvalue weighted by Crippen LogP contribution is 2.21. The molecule has 0 saturated heterocycles. The molecular weight excluding hydrogens is 266 g/mol. The van der Waals surface area contributed by atoms with Crippen LogP contribution in [0.15, 0.2) is 24.3 Å². The fourth-order valence-electron chi connectivity index (χ4n) is 1.98. The number of nitrogens with zero attached hydrogens (tertiary/aromatic N) is 2. The van der Waals surface area contributed by atoms with Crippen molar-refractivity contribution in [2.75, 3.05) is 30.5 Å². The first-order valence-electron chi connectivity index (χ1n) is 7.25. The Hall–Kier alpha value is -1.92. The van der Waals surface area contributed by atoms with Crippen molar-refractivity contribution in [1.82, 2.24) is 9.97 Å². The van der Waals surface area contributed by atoms with E-state index in [4.69, 9.17) is 10.6 Å². The van der Waals surface area contributed by atoms with E-state index in [1.807, 2.05) is 24.3 Å². The van der Waals surface area contributed by atoms with Crippen LogP contribution >= 0.6 is 0 Å². The maximum absolute atomic E-state index is 5.56. The average molecular weight is 289 g/mol. The van der Waals surface area contributed by atoms with E-state index in [2.05, 4.69) is 34.6 Å². The summed E-state index contributed by atoms with van der Waals surface area (Å²) in [5.74, 6) is 7.18. The van der Waals surface area contributed by atoms with Gasteiger partial charge in [-0.25, -0.2) is 10.8 Å². The number of hydrogen-bond acceptors (Lipinski definition) is 6. The summed E-state index contributed by atoms with van der Waals surface area (Å²) in [4.78, 5) is 8.69. The number of hydrogen-bond donors (Lipinski definition) is 3. The van der Waals surface area contributed by atoms with Gasteiger partial charge in [0.2, 0.25) is 5.95 Å². The zero-order valence-electron chi connectivity index (χ0n) is 12.6. The monoisotopic (exact) mass is 289 g/mol. The van der Waals surface area contributed by atoms with E-state index < -0.39 is 0 Å². The Balaban J connectivity index is 1.94. The van der Waals surface area contributed by atoms with Gasteiger partial charge in [0.15, 0.2) is 0 Å². The van der Waals surface area contributed by atoms with Crippen LogP contribution in [-0.2, 0) is 4.74 Å². The summed E-state index contributed by atoms with van der Waals surface area (Å²) in [5.41, 5.74) is 3.36. The van der Waals surface area contributed by atoms with Crippen LogP contribution in [0.5, 0.6) is 0 Å². The van der Waals surface area contributed by atoms with Crippen molar-refractivity contribution in [3.8, 4) is 0 Å². The minimum absolute atomic E-state index is 0.409. The van der Waals surface area contributed by atoms with E-state index in [9.17, 15) is 0 Å². The largest absolute Gasteiger partial charge is 0.381 e. The molecule has 2 rings (SSSR count). The first kappa shape index (κ1) is 15.5. The molecule has 0 atom stereocenters. The molecule has 0 bridgehead atoms. The number of aromatic nitrogens is 2. The van der Waals surface area contributed by atoms with Crippen LogP contribution in [0.3, 0.4) is 0 Å². The van der Waals surface area contributed by atoms with Gasteiger partial charge in [0.05, 0.1) is 5.52 Å². The summed E-state index contributed by atoms with van der Waals surface area (Å²) in [5, 5.41) is 4.31. The van der Waals surface area contributed by atoms with Gasteiger partial charge in [0.25, 0.3) is 0 Å². The maximum atomic E-state index is 5.56. The second-order valence-electron chi connectivity index (χ2n) is 5.31. The summed E-state index contributed by atoms with van der Waals surface area (Å²) >= 11 is 0. The van der Waals surface area contributed by atoms with E-state index in [1.165, 1.54) is 0 Å². The molecule has 114 valence electrons. The molecule has 0 spiro atoms. The van der Waals surface area contributed by atoms with Crippen LogP contribution in [0, 0.1) is 5.92 Å². The van der Waals surface area contributed by atoms with Crippen molar-refractivity contribution in [2.24, 2.45) is 11.8 Å². The SMILES string of the molecule is CC(C)COCCCNc1nc(NN)nc2ccccc12. The van der Waals surface area contributed by atoms with E-state index in [0.717, 1.165) is 42.9 Å². The first-order chi connectivity index (χ1) is 10.2. The number of fused-ring (bicyclic) bond motifs is 1. The molecule has 0 unspecified atom stereocenters. The highest BCUT2D eigenvalue weighted by Gasteiger charge is 2.06. The quantitative estimate of drug-likeness (QED) is 0.393. The van der Waals surface area contributed by atoms with Gasteiger partial charge >= 0.3 is 0 Å². The van der Waals surface area contributed by atoms with Crippen molar-refractivity contribution in [1.29, 1.82) is 0 Å². The standard InChI is InChI=1S/C15H23N5O/c1-11(2)10-21-9-5-8-17-14-12-6-3-4-7-13(12)18-15(19-14)20-16/h3-4,6-7,11H,5,8-10,16H2,1-2H3,(H2,17,18,19,20). The third-order valence-corrected chi connectivity index (χ3v) is 2.94. The molecule has 0 radical (unpaired) electrons. The Morgan fingerprint density at radius 1 is 1.24 bits per heavy atom. The molecule has 1 heterocycles. The summed E-state index contributed by atoms with van der Waals surface area (Å²) in [6.45, 7) is 6.64. The zero-order chi connectivity index (χ0) is 15.1. The topological polar surface area (TPSA) is 85.1 Å². The Morgan fingerprint density at radius 3 is 2.81 bits per heavy atom. The molecule has 6 nitrogen and oxygen atoms in total. The first-order valence-corrected chi connectivity index (χ1v) is 7.25. The third-order valence-electron chi connectivity index (χ3n) is 2.94. The molecule has 4 N–H and O–H groups in total. The average Bonchev–Trinajstić information content (AvgIpc) is 2.50. The lowest BCUT2D eigenvalue weighted by Gasteiger charge is -2.11. The molecule has 0 fully saturated rings. The molecule has 1 aromatic heterocycles.